The van der Waals surface area contributed by atoms with Crippen molar-refractivity contribution >= 4 is 18.0 Å². The minimum absolute atomic E-state index is 0.0143. The van der Waals surface area contributed by atoms with Crippen LogP contribution >= 0.6 is 0 Å². The number of ether oxygens (including phenoxy) is 1. The monoisotopic (exact) mass is 462 g/mol. The Hall–Kier alpha value is -3.61. The number of carbonyl (C=O) groups excluding carboxylic acids is 2. The number of fused-ring (bicyclic) bond motifs is 3. The van der Waals surface area contributed by atoms with E-state index < -0.39 is 18.1 Å². The van der Waals surface area contributed by atoms with Gasteiger partial charge in [0.2, 0.25) is 5.91 Å². The maximum Gasteiger partial charge on any atom is 0.407 e. The summed E-state index contributed by atoms with van der Waals surface area (Å²) in [5, 5.41) is 11.7. The number of aliphatic carboxylic acids is 1. The minimum Gasteiger partial charge on any atom is -0.481 e. The molecule has 0 spiro atoms. The summed E-state index contributed by atoms with van der Waals surface area (Å²) in [6.07, 6.45) is 3.22. The van der Waals surface area contributed by atoms with E-state index in [1.807, 2.05) is 24.3 Å². The van der Waals surface area contributed by atoms with E-state index in [9.17, 15) is 14.4 Å². The topological polar surface area (TPSA) is 95.9 Å². The van der Waals surface area contributed by atoms with Crippen molar-refractivity contribution in [2.24, 2.45) is 0 Å². The van der Waals surface area contributed by atoms with Crippen molar-refractivity contribution < 1.29 is 24.2 Å². The average molecular weight is 463 g/mol. The molecule has 2 atom stereocenters. The van der Waals surface area contributed by atoms with Gasteiger partial charge in [-0.1, -0.05) is 54.6 Å². The van der Waals surface area contributed by atoms with Crippen LogP contribution in [0.1, 0.15) is 49.1 Å². The lowest BCUT2D eigenvalue weighted by molar-refractivity contribution is -0.139. The van der Waals surface area contributed by atoms with Crippen molar-refractivity contribution in [3.8, 4) is 11.1 Å². The van der Waals surface area contributed by atoms with Crippen molar-refractivity contribution in [1.82, 2.24) is 10.2 Å². The highest BCUT2D eigenvalue weighted by Crippen LogP contribution is 2.44. The zero-order valence-corrected chi connectivity index (χ0v) is 19.1. The second-order valence-electron chi connectivity index (χ2n) is 8.81. The summed E-state index contributed by atoms with van der Waals surface area (Å²) >= 11 is 0. The lowest BCUT2D eigenvalue weighted by Gasteiger charge is -2.28. The molecule has 2 unspecified atom stereocenters. The van der Waals surface area contributed by atoms with Gasteiger partial charge >= 0.3 is 12.1 Å². The lowest BCUT2D eigenvalue weighted by atomic mass is 9.98. The van der Waals surface area contributed by atoms with E-state index in [1.165, 1.54) is 0 Å². The highest BCUT2D eigenvalue weighted by Gasteiger charge is 2.34. The van der Waals surface area contributed by atoms with Gasteiger partial charge in [0.25, 0.3) is 0 Å². The van der Waals surface area contributed by atoms with Crippen LogP contribution in [0.25, 0.3) is 11.1 Å². The summed E-state index contributed by atoms with van der Waals surface area (Å²) < 4.78 is 5.60. The molecule has 1 aliphatic heterocycles. The fourth-order valence-electron chi connectivity index (χ4n) is 5.09. The Kier molecular flexibility index (Phi) is 7.30. The molecule has 1 saturated heterocycles. The first-order chi connectivity index (χ1) is 16.5. The largest absolute Gasteiger partial charge is 0.481 e. The Bertz CT molecular complexity index is 1040. The first-order valence-electron chi connectivity index (χ1n) is 11.7. The van der Waals surface area contributed by atoms with E-state index in [0.717, 1.165) is 35.1 Å². The molecule has 7 nitrogen and oxygen atoms in total. The number of carboxylic acids is 1. The molecule has 0 saturated carbocycles. The maximum absolute atomic E-state index is 13.2. The fraction of sp³-hybridized carbons (Fsp3) is 0.370. The molecule has 7 heteroatoms. The number of carbonyl (C=O) groups is 3. The molecule has 2 aromatic rings. The van der Waals surface area contributed by atoms with Gasteiger partial charge in [0.15, 0.2) is 0 Å². The second kappa shape index (κ2) is 10.5. The predicted molar refractivity (Wildman–Crippen MR) is 128 cm³/mol. The number of likely N-dealkylation sites (tertiary alicyclic amines) is 1. The van der Waals surface area contributed by atoms with Gasteiger partial charge in [-0.05, 0) is 47.9 Å². The molecule has 1 fully saturated rings. The Morgan fingerprint density at radius 1 is 1.12 bits per heavy atom. The van der Waals surface area contributed by atoms with Crippen LogP contribution in [0.3, 0.4) is 0 Å². The normalized spacial score (nSPS) is 17.5. The zero-order chi connectivity index (χ0) is 24.1. The van der Waals surface area contributed by atoms with Gasteiger partial charge in [0, 0.05) is 24.9 Å². The molecular formula is C27H30N2O5. The standard InChI is InChI=1S/C27H30N2O5/c1-2-8-24(26(32)29-16-7-9-18(29)14-15-25(30)31)28-27(33)34-17-23-21-12-5-3-10-19(21)20-11-4-6-13-22(20)23/h2-6,10-13,18,23-24H,1,7-9,14-17H2,(H,28,33)(H,30,31). The third-order valence-electron chi connectivity index (χ3n) is 6.69. The first-order valence-corrected chi connectivity index (χ1v) is 11.7. The van der Waals surface area contributed by atoms with E-state index in [1.54, 1.807) is 11.0 Å². The fourth-order valence-corrected chi connectivity index (χ4v) is 5.09. The van der Waals surface area contributed by atoms with Gasteiger partial charge in [0.1, 0.15) is 12.6 Å². The number of alkyl carbamates (subject to hydrolysis) is 1. The molecule has 2 N–H and O–H groups in total. The summed E-state index contributed by atoms with van der Waals surface area (Å²) in [5.41, 5.74) is 4.53. The molecule has 1 heterocycles. The lowest BCUT2D eigenvalue weighted by Crippen LogP contribution is -2.50. The minimum atomic E-state index is -0.876. The predicted octanol–water partition coefficient (Wildman–Crippen LogP) is 4.33. The summed E-state index contributed by atoms with van der Waals surface area (Å²) in [7, 11) is 0. The van der Waals surface area contributed by atoms with Crippen LogP contribution in [0.4, 0.5) is 4.79 Å². The molecule has 0 aromatic heterocycles. The maximum atomic E-state index is 13.2. The van der Waals surface area contributed by atoms with Crippen LogP contribution in [-0.2, 0) is 14.3 Å². The van der Waals surface area contributed by atoms with Gasteiger partial charge in [0.05, 0.1) is 0 Å². The Labute approximate surface area is 199 Å². The summed E-state index contributed by atoms with van der Waals surface area (Å²) in [6.45, 7) is 4.44. The quantitative estimate of drug-likeness (QED) is 0.541. The highest BCUT2D eigenvalue weighted by atomic mass is 16.5. The molecule has 0 radical (unpaired) electrons. The smallest absolute Gasteiger partial charge is 0.407 e. The number of carboxylic acid groups (broad SMARTS) is 1. The number of nitrogens with one attached hydrogen (secondary N) is 1. The van der Waals surface area contributed by atoms with E-state index in [0.29, 0.717) is 13.0 Å². The number of rotatable bonds is 9. The molecule has 2 amide bonds. The summed E-state index contributed by atoms with van der Waals surface area (Å²) in [5.74, 6) is -1.16. The third kappa shape index (κ3) is 4.98. The van der Waals surface area contributed by atoms with Gasteiger partial charge in [-0.2, -0.15) is 0 Å². The molecule has 1 aliphatic carbocycles. The number of nitrogens with zero attached hydrogens (tertiary/aromatic N) is 1. The number of hydrogen-bond donors (Lipinski definition) is 2. The SMILES string of the molecule is C=CCC(NC(=O)OCC1c2ccccc2-c2ccccc21)C(=O)N1CCCC1CCC(=O)O. The number of amides is 2. The van der Waals surface area contributed by atoms with Gasteiger partial charge < -0.3 is 20.1 Å². The van der Waals surface area contributed by atoms with Crippen LogP contribution in [0.2, 0.25) is 0 Å². The van der Waals surface area contributed by atoms with Gasteiger partial charge in [-0.3, -0.25) is 9.59 Å². The Morgan fingerprint density at radius 3 is 2.38 bits per heavy atom. The van der Waals surface area contributed by atoms with Crippen molar-refractivity contribution in [2.45, 2.75) is 50.1 Å². The molecule has 34 heavy (non-hydrogen) atoms. The summed E-state index contributed by atoms with van der Waals surface area (Å²) in [6, 6.07) is 15.3. The van der Waals surface area contributed by atoms with E-state index in [4.69, 9.17) is 9.84 Å². The van der Waals surface area contributed by atoms with Crippen LogP contribution in [0, 0.1) is 0 Å². The van der Waals surface area contributed by atoms with Crippen LogP contribution in [-0.4, -0.2) is 53.2 Å². The van der Waals surface area contributed by atoms with Crippen molar-refractivity contribution in [2.75, 3.05) is 13.2 Å². The van der Waals surface area contributed by atoms with Crippen molar-refractivity contribution in [3.05, 3.63) is 72.3 Å². The molecule has 0 bridgehead atoms. The third-order valence-corrected chi connectivity index (χ3v) is 6.69. The van der Waals surface area contributed by atoms with Crippen molar-refractivity contribution in [1.29, 1.82) is 0 Å². The molecule has 2 aromatic carbocycles. The molecular weight excluding hydrogens is 432 g/mol. The van der Waals surface area contributed by atoms with Gasteiger partial charge in [-0.15, -0.1) is 6.58 Å². The average Bonchev–Trinajstić information content (AvgIpc) is 3.43. The van der Waals surface area contributed by atoms with E-state index in [-0.39, 0.29) is 37.3 Å². The molecule has 4 rings (SSSR count). The molecule has 178 valence electrons. The van der Waals surface area contributed by atoms with Crippen molar-refractivity contribution in [3.63, 3.8) is 0 Å². The highest BCUT2D eigenvalue weighted by molar-refractivity contribution is 5.86. The van der Waals surface area contributed by atoms with E-state index in [2.05, 4.69) is 36.2 Å². The van der Waals surface area contributed by atoms with Crippen LogP contribution in [0.5, 0.6) is 0 Å². The number of hydrogen-bond acceptors (Lipinski definition) is 4. The number of benzene rings is 2. The van der Waals surface area contributed by atoms with Gasteiger partial charge in [-0.25, -0.2) is 4.79 Å². The second-order valence-corrected chi connectivity index (χ2v) is 8.81. The first kappa shape index (κ1) is 23.5. The summed E-state index contributed by atoms with van der Waals surface area (Å²) in [4.78, 5) is 38.5. The van der Waals surface area contributed by atoms with Crippen LogP contribution < -0.4 is 5.32 Å². The molecule has 2 aliphatic rings. The van der Waals surface area contributed by atoms with Crippen LogP contribution in [0.15, 0.2) is 61.2 Å². The van der Waals surface area contributed by atoms with E-state index >= 15 is 0 Å². The Balaban J connectivity index is 1.40. The Morgan fingerprint density at radius 2 is 1.76 bits per heavy atom. The zero-order valence-electron chi connectivity index (χ0n) is 19.1.